The van der Waals surface area contributed by atoms with Crippen LogP contribution in [0.15, 0.2) is 53.9 Å². The third-order valence-corrected chi connectivity index (χ3v) is 7.97. The molecule has 5 heteroatoms. The normalized spacial score (nSPS) is 11.6. The van der Waals surface area contributed by atoms with Gasteiger partial charge in [-0.25, -0.2) is 0 Å². The minimum atomic E-state index is 0.651. The smallest absolute Gasteiger partial charge is 0.119 e. The van der Waals surface area contributed by atoms with Gasteiger partial charge in [0.25, 0.3) is 0 Å². The van der Waals surface area contributed by atoms with Crippen molar-refractivity contribution in [1.82, 2.24) is 0 Å². The molecule has 2 atom stereocenters. The van der Waals surface area contributed by atoms with Crippen molar-refractivity contribution in [1.29, 1.82) is 0 Å². The predicted octanol–water partition coefficient (Wildman–Crippen LogP) is 3.33. The molecule has 0 aliphatic carbocycles. The van der Waals surface area contributed by atoms with Gasteiger partial charge in [-0.1, -0.05) is 41.4 Å². The Kier molecular flexibility index (Phi) is 5.89. The maximum absolute atomic E-state index is 5.35. The van der Waals surface area contributed by atoms with Crippen LogP contribution in [0.1, 0.15) is 4.88 Å². The first-order chi connectivity index (χ1) is 11.7. The van der Waals surface area contributed by atoms with Crippen molar-refractivity contribution in [3.63, 3.8) is 0 Å². The lowest BCUT2D eigenvalue weighted by molar-refractivity contribution is 0.415. The molecular weight excluding hydrogens is 354 g/mol. The average Bonchev–Trinajstić information content (AvgIpc) is 2.95. The van der Waals surface area contributed by atoms with Gasteiger partial charge in [0.05, 0.1) is 14.2 Å². The first-order valence-corrected chi connectivity index (χ1v) is 10.5. The van der Waals surface area contributed by atoms with Crippen molar-refractivity contribution in [3.8, 4) is 11.5 Å². The highest BCUT2D eigenvalue weighted by Gasteiger charge is 2.11. The van der Waals surface area contributed by atoms with E-state index in [1.165, 1.54) is 26.1 Å². The Morgan fingerprint density at radius 2 is 1.42 bits per heavy atom. The molecule has 3 rings (SSSR count). The van der Waals surface area contributed by atoms with Crippen molar-refractivity contribution in [2.75, 3.05) is 14.2 Å². The molecule has 1 aromatic heterocycles. The van der Waals surface area contributed by atoms with E-state index in [1.54, 1.807) is 14.2 Å². The van der Waals surface area contributed by atoms with Gasteiger partial charge >= 0.3 is 0 Å². The highest BCUT2D eigenvalue weighted by atomic mass is 32.1. The van der Waals surface area contributed by atoms with Crippen molar-refractivity contribution >= 4 is 49.7 Å². The van der Waals surface area contributed by atoms with E-state index in [-0.39, 0.29) is 0 Å². The van der Waals surface area contributed by atoms with E-state index in [2.05, 4.69) is 48.7 Å². The number of aryl methyl sites for hydroxylation is 1. The first-order valence-electron chi connectivity index (χ1n) is 7.60. The highest BCUT2D eigenvalue weighted by Crippen LogP contribution is 2.24. The number of methoxy groups -OCH3 is 2. The van der Waals surface area contributed by atoms with E-state index in [0.717, 1.165) is 11.5 Å². The Morgan fingerprint density at radius 3 is 2.00 bits per heavy atom. The Labute approximate surface area is 150 Å². The molecule has 3 aromatic rings. The second-order valence-electron chi connectivity index (χ2n) is 5.29. The maximum atomic E-state index is 5.35. The zero-order valence-corrected chi connectivity index (χ0v) is 16.7. The van der Waals surface area contributed by atoms with E-state index in [0.29, 0.717) is 17.2 Å². The molecule has 0 saturated heterocycles. The molecular formula is C19H20O2P2S. The van der Waals surface area contributed by atoms with Crippen LogP contribution in [0.25, 0.3) is 0 Å². The lowest BCUT2D eigenvalue weighted by Gasteiger charge is -2.09. The summed E-state index contributed by atoms with van der Waals surface area (Å²) in [4.78, 5) is 1.40. The third kappa shape index (κ3) is 4.16. The van der Waals surface area contributed by atoms with E-state index in [4.69, 9.17) is 9.47 Å². The molecule has 0 N–H and O–H groups in total. The summed E-state index contributed by atoms with van der Waals surface area (Å²) in [7, 11) is 4.74. The first kappa shape index (κ1) is 17.4. The summed E-state index contributed by atoms with van der Waals surface area (Å²) >= 11 is 1.84. The summed E-state index contributed by atoms with van der Waals surface area (Å²) < 4.78 is 10.7. The number of ether oxygens (including phenoxy) is 2. The van der Waals surface area contributed by atoms with E-state index in [9.17, 15) is 0 Å². The lowest BCUT2D eigenvalue weighted by Crippen LogP contribution is -2.18. The van der Waals surface area contributed by atoms with Gasteiger partial charge < -0.3 is 9.47 Å². The van der Waals surface area contributed by atoms with E-state index < -0.39 is 0 Å². The van der Waals surface area contributed by atoms with Gasteiger partial charge in [-0.15, -0.1) is 11.3 Å². The average molecular weight is 374 g/mol. The topological polar surface area (TPSA) is 18.5 Å². The summed E-state index contributed by atoms with van der Waals surface area (Å²) in [6.07, 6.45) is 0. The van der Waals surface area contributed by atoms with Gasteiger partial charge in [-0.2, -0.15) is 0 Å². The maximum Gasteiger partial charge on any atom is 0.119 e. The standard InChI is InChI=1S/C19H20O2P2S/c1-13-19(23-17-9-5-7-15(11-17)21-3)18(12-24-13)22-16-8-4-6-14(10-16)20-2/h4-12,22-23H,1-3H3. The predicted molar refractivity (Wildman–Crippen MR) is 110 cm³/mol. The molecule has 0 amide bonds. The summed E-state index contributed by atoms with van der Waals surface area (Å²) in [6.45, 7) is 2.22. The molecule has 0 spiro atoms. The quantitative estimate of drug-likeness (QED) is 0.617. The van der Waals surface area contributed by atoms with Crippen LogP contribution in [0.5, 0.6) is 11.5 Å². The molecule has 0 saturated carbocycles. The monoisotopic (exact) mass is 374 g/mol. The molecule has 1 heterocycles. The van der Waals surface area contributed by atoms with Crippen molar-refractivity contribution in [2.24, 2.45) is 0 Å². The van der Waals surface area contributed by atoms with Gasteiger partial charge in [0.15, 0.2) is 0 Å². The summed E-state index contributed by atoms with van der Waals surface area (Å²) in [5.74, 6) is 1.84. The molecule has 0 radical (unpaired) electrons. The highest BCUT2D eigenvalue weighted by molar-refractivity contribution is 7.63. The molecule has 0 bridgehead atoms. The Bertz CT molecular complexity index is 830. The number of rotatable bonds is 6. The number of hydrogen-bond acceptors (Lipinski definition) is 3. The van der Waals surface area contributed by atoms with E-state index >= 15 is 0 Å². The van der Waals surface area contributed by atoms with Crippen molar-refractivity contribution in [2.45, 2.75) is 6.92 Å². The van der Waals surface area contributed by atoms with Gasteiger partial charge in [-0.3, -0.25) is 0 Å². The minimum absolute atomic E-state index is 0.651. The molecule has 24 heavy (non-hydrogen) atoms. The van der Waals surface area contributed by atoms with Crippen LogP contribution in [-0.4, -0.2) is 14.2 Å². The number of hydrogen-bond donors (Lipinski definition) is 0. The van der Waals surface area contributed by atoms with Gasteiger partial charge in [0, 0.05) is 4.88 Å². The molecule has 124 valence electrons. The van der Waals surface area contributed by atoms with Crippen molar-refractivity contribution in [3.05, 3.63) is 58.8 Å². The van der Waals surface area contributed by atoms with Crippen molar-refractivity contribution < 1.29 is 9.47 Å². The molecule has 0 aliphatic heterocycles. The Balaban J connectivity index is 1.85. The van der Waals surface area contributed by atoms with Crippen LogP contribution in [0.2, 0.25) is 0 Å². The number of benzene rings is 2. The van der Waals surface area contributed by atoms with Crippen LogP contribution in [-0.2, 0) is 0 Å². The molecule has 2 unspecified atom stereocenters. The summed E-state index contributed by atoms with van der Waals surface area (Å²) in [5.41, 5.74) is 0. The van der Waals surface area contributed by atoms with Gasteiger partial charge in [0.1, 0.15) is 11.5 Å². The zero-order valence-electron chi connectivity index (χ0n) is 13.9. The number of thiophene rings is 1. The molecule has 0 fully saturated rings. The third-order valence-electron chi connectivity index (χ3n) is 3.66. The molecule has 0 aliphatic rings. The van der Waals surface area contributed by atoms with Gasteiger partial charge in [0.2, 0.25) is 0 Å². The summed E-state index contributed by atoms with van der Waals surface area (Å²) in [5, 5.41) is 7.83. The SMILES string of the molecule is COc1cccc(Pc2csc(C)c2Pc2cccc(OC)c2)c1. The molecule has 2 aromatic carbocycles. The van der Waals surface area contributed by atoms with Crippen LogP contribution in [0.4, 0.5) is 0 Å². The van der Waals surface area contributed by atoms with Crippen LogP contribution < -0.4 is 30.7 Å². The second kappa shape index (κ2) is 8.12. The second-order valence-corrected chi connectivity index (χ2v) is 9.07. The molecule has 2 nitrogen and oxygen atoms in total. The Morgan fingerprint density at radius 1 is 0.833 bits per heavy atom. The fourth-order valence-corrected chi connectivity index (χ4v) is 6.44. The lowest BCUT2D eigenvalue weighted by atomic mass is 10.3. The van der Waals surface area contributed by atoms with Crippen LogP contribution in [0, 0.1) is 6.92 Å². The Hall–Kier alpha value is -1.40. The van der Waals surface area contributed by atoms with Gasteiger partial charge in [-0.05, 0) is 57.8 Å². The van der Waals surface area contributed by atoms with Crippen LogP contribution in [0.3, 0.4) is 0 Å². The van der Waals surface area contributed by atoms with Crippen LogP contribution >= 0.6 is 28.5 Å². The fraction of sp³-hybridized carbons (Fsp3) is 0.158. The zero-order chi connectivity index (χ0) is 16.9. The minimum Gasteiger partial charge on any atom is -0.497 e. The van der Waals surface area contributed by atoms with E-state index in [1.807, 2.05) is 23.5 Å². The fourth-order valence-electron chi connectivity index (χ4n) is 2.40. The largest absolute Gasteiger partial charge is 0.497 e. The summed E-state index contributed by atoms with van der Waals surface area (Å²) in [6, 6.07) is 16.7.